The van der Waals surface area contributed by atoms with Crippen LogP contribution in [0.1, 0.15) is 23.2 Å². The van der Waals surface area contributed by atoms with Gasteiger partial charge in [-0.2, -0.15) is 0 Å². The molecule has 31 heavy (non-hydrogen) atoms. The maximum atomic E-state index is 12.5. The number of nitro benzene ring substituents is 1. The van der Waals surface area contributed by atoms with Crippen LogP contribution >= 0.6 is 0 Å². The molecule has 0 aliphatic carbocycles. The summed E-state index contributed by atoms with van der Waals surface area (Å²) in [5.41, 5.74) is 0.468. The number of amides is 2. The van der Waals surface area contributed by atoms with Crippen LogP contribution in [0, 0.1) is 10.1 Å². The lowest BCUT2D eigenvalue weighted by atomic mass is 10.1. The Morgan fingerprint density at radius 2 is 2.06 bits per heavy atom. The molecule has 0 unspecified atom stereocenters. The minimum absolute atomic E-state index is 0.0118. The number of nitrogens with one attached hydrogen (secondary N) is 2. The lowest BCUT2D eigenvalue weighted by Gasteiger charge is -2.14. The van der Waals surface area contributed by atoms with Crippen LogP contribution in [0.15, 0.2) is 42.5 Å². The van der Waals surface area contributed by atoms with Crippen molar-refractivity contribution in [2.45, 2.75) is 18.9 Å². The molecule has 2 aromatic carbocycles. The number of carbonyl (C=O) groups excluding carboxylic acids is 2. The number of para-hydroxylation sites is 1. The first-order valence-electron chi connectivity index (χ1n) is 9.72. The Bertz CT molecular complexity index is 958. The summed E-state index contributed by atoms with van der Waals surface area (Å²) in [5, 5.41) is 16.4. The molecule has 10 nitrogen and oxygen atoms in total. The maximum absolute atomic E-state index is 12.5. The molecule has 0 aromatic heterocycles. The van der Waals surface area contributed by atoms with E-state index in [4.69, 9.17) is 14.2 Å². The number of ether oxygens (including phenoxy) is 3. The number of benzene rings is 2. The highest BCUT2D eigenvalue weighted by Gasteiger charge is 2.19. The van der Waals surface area contributed by atoms with Crippen molar-refractivity contribution in [3.05, 3.63) is 58.1 Å². The van der Waals surface area contributed by atoms with Gasteiger partial charge in [-0.05, 0) is 31.0 Å². The molecule has 1 atom stereocenters. The Hall–Kier alpha value is -3.66. The molecule has 1 aliphatic heterocycles. The Labute approximate surface area is 178 Å². The van der Waals surface area contributed by atoms with Gasteiger partial charge in [0.2, 0.25) is 5.75 Å². The zero-order valence-corrected chi connectivity index (χ0v) is 17.0. The molecular formula is C21H23N3O7. The number of nitrogens with zero attached hydrogens (tertiary/aromatic N) is 1. The SMILES string of the molecule is COc1cc(OCC(=O)Nc2ccccc2C(=O)NC[C@H]2CCCO2)ccc1[N+](=O)[O-]. The van der Waals surface area contributed by atoms with Crippen LogP contribution in [0.25, 0.3) is 0 Å². The summed E-state index contributed by atoms with van der Waals surface area (Å²) < 4.78 is 15.9. The summed E-state index contributed by atoms with van der Waals surface area (Å²) >= 11 is 0. The maximum Gasteiger partial charge on any atom is 0.311 e. The smallest absolute Gasteiger partial charge is 0.311 e. The number of carbonyl (C=O) groups is 2. The molecule has 1 saturated heterocycles. The number of rotatable bonds is 9. The quantitative estimate of drug-likeness (QED) is 0.463. The predicted octanol–water partition coefficient (Wildman–Crippen LogP) is 2.53. The van der Waals surface area contributed by atoms with Crippen LogP contribution in [0.4, 0.5) is 11.4 Å². The highest BCUT2D eigenvalue weighted by molar-refractivity contribution is 6.04. The minimum Gasteiger partial charge on any atom is -0.490 e. The van der Waals surface area contributed by atoms with Gasteiger partial charge in [0.1, 0.15) is 5.75 Å². The van der Waals surface area contributed by atoms with Crippen LogP contribution in [-0.2, 0) is 9.53 Å². The van der Waals surface area contributed by atoms with Crippen molar-refractivity contribution in [3.8, 4) is 11.5 Å². The standard InChI is InChI=1S/C21H23N3O7/c1-29-19-11-14(8-9-18(19)24(27)28)31-13-20(25)23-17-7-3-2-6-16(17)21(26)22-12-15-5-4-10-30-15/h2-3,6-9,11,15H,4-5,10,12-13H2,1H3,(H,22,26)(H,23,25)/t15-/m1/s1. The fraction of sp³-hybridized carbons (Fsp3) is 0.333. The lowest BCUT2D eigenvalue weighted by Crippen LogP contribution is -2.32. The third kappa shape index (κ3) is 5.92. The summed E-state index contributed by atoms with van der Waals surface area (Å²) in [7, 11) is 1.31. The molecule has 0 bridgehead atoms. The molecule has 3 rings (SSSR count). The molecule has 10 heteroatoms. The second-order valence-electron chi connectivity index (χ2n) is 6.82. The fourth-order valence-corrected chi connectivity index (χ4v) is 3.13. The van der Waals surface area contributed by atoms with Gasteiger partial charge in [0.05, 0.1) is 29.4 Å². The summed E-state index contributed by atoms with van der Waals surface area (Å²) in [5.74, 6) is -0.541. The van der Waals surface area contributed by atoms with Crippen LogP contribution in [0.2, 0.25) is 0 Å². The van der Waals surface area contributed by atoms with Gasteiger partial charge in [0, 0.05) is 25.3 Å². The molecule has 1 fully saturated rings. The van der Waals surface area contributed by atoms with Crippen molar-refractivity contribution in [2.75, 3.05) is 32.2 Å². The highest BCUT2D eigenvalue weighted by Crippen LogP contribution is 2.30. The number of hydrogen-bond acceptors (Lipinski definition) is 7. The summed E-state index contributed by atoms with van der Waals surface area (Å²) in [6.45, 7) is 0.757. The van der Waals surface area contributed by atoms with E-state index in [9.17, 15) is 19.7 Å². The van der Waals surface area contributed by atoms with Crippen molar-refractivity contribution in [1.82, 2.24) is 5.32 Å². The van der Waals surface area contributed by atoms with Crippen molar-refractivity contribution >= 4 is 23.2 Å². The minimum atomic E-state index is -0.573. The molecule has 1 aliphatic rings. The van der Waals surface area contributed by atoms with Crippen molar-refractivity contribution in [1.29, 1.82) is 0 Å². The van der Waals surface area contributed by atoms with E-state index in [0.717, 1.165) is 12.8 Å². The second-order valence-corrected chi connectivity index (χ2v) is 6.82. The fourth-order valence-electron chi connectivity index (χ4n) is 3.13. The van der Waals surface area contributed by atoms with Gasteiger partial charge in [0.25, 0.3) is 11.8 Å². The van der Waals surface area contributed by atoms with Crippen molar-refractivity contribution < 1.29 is 28.7 Å². The average Bonchev–Trinajstić information content (AvgIpc) is 3.30. The third-order valence-corrected chi connectivity index (χ3v) is 4.68. The normalized spacial score (nSPS) is 15.2. The molecular weight excluding hydrogens is 406 g/mol. The third-order valence-electron chi connectivity index (χ3n) is 4.68. The first-order chi connectivity index (χ1) is 15.0. The zero-order chi connectivity index (χ0) is 22.2. The van der Waals surface area contributed by atoms with Gasteiger partial charge in [-0.15, -0.1) is 0 Å². The first-order valence-corrected chi connectivity index (χ1v) is 9.72. The van der Waals surface area contributed by atoms with E-state index in [0.29, 0.717) is 24.4 Å². The molecule has 1 heterocycles. The van der Waals surface area contributed by atoms with E-state index in [1.54, 1.807) is 24.3 Å². The summed E-state index contributed by atoms with van der Waals surface area (Å²) in [6, 6.07) is 10.6. The van der Waals surface area contributed by atoms with Gasteiger partial charge < -0.3 is 24.8 Å². The highest BCUT2D eigenvalue weighted by atomic mass is 16.6. The Balaban J connectivity index is 1.58. The number of nitro groups is 1. The van der Waals surface area contributed by atoms with Gasteiger partial charge in [-0.25, -0.2) is 0 Å². The topological polar surface area (TPSA) is 129 Å². The first kappa shape index (κ1) is 22.0. The Kier molecular flexibility index (Phi) is 7.39. The average molecular weight is 429 g/mol. The van der Waals surface area contributed by atoms with Crippen LogP contribution in [-0.4, -0.2) is 49.7 Å². The monoisotopic (exact) mass is 429 g/mol. The second kappa shape index (κ2) is 10.4. The van der Waals surface area contributed by atoms with Gasteiger partial charge in [-0.1, -0.05) is 12.1 Å². The Morgan fingerprint density at radius 1 is 1.26 bits per heavy atom. The predicted molar refractivity (Wildman–Crippen MR) is 112 cm³/mol. The summed E-state index contributed by atoms with van der Waals surface area (Å²) in [4.78, 5) is 35.2. The van der Waals surface area contributed by atoms with Crippen molar-refractivity contribution in [3.63, 3.8) is 0 Å². The number of anilines is 1. The van der Waals surface area contributed by atoms with Crippen LogP contribution in [0.3, 0.4) is 0 Å². The zero-order valence-electron chi connectivity index (χ0n) is 17.0. The molecule has 164 valence electrons. The molecule has 2 aromatic rings. The van der Waals surface area contributed by atoms with Crippen molar-refractivity contribution in [2.24, 2.45) is 0 Å². The number of hydrogen-bond donors (Lipinski definition) is 2. The molecule has 0 radical (unpaired) electrons. The molecule has 0 spiro atoms. The lowest BCUT2D eigenvalue weighted by molar-refractivity contribution is -0.385. The number of methoxy groups -OCH3 is 1. The largest absolute Gasteiger partial charge is 0.490 e. The van der Waals surface area contributed by atoms with E-state index < -0.39 is 10.8 Å². The molecule has 0 saturated carbocycles. The van der Waals surface area contributed by atoms with Gasteiger partial charge in [0.15, 0.2) is 6.61 Å². The Morgan fingerprint density at radius 3 is 2.77 bits per heavy atom. The van der Waals surface area contributed by atoms with Gasteiger partial charge >= 0.3 is 5.69 Å². The van der Waals surface area contributed by atoms with E-state index in [1.807, 2.05) is 0 Å². The van der Waals surface area contributed by atoms with E-state index in [1.165, 1.54) is 25.3 Å². The molecule has 2 amide bonds. The van der Waals surface area contributed by atoms with E-state index >= 15 is 0 Å². The van der Waals surface area contributed by atoms with E-state index in [2.05, 4.69) is 10.6 Å². The molecule has 2 N–H and O–H groups in total. The van der Waals surface area contributed by atoms with Crippen LogP contribution in [0.5, 0.6) is 11.5 Å². The van der Waals surface area contributed by atoms with E-state index in [-0.39, 0.29) is 35.8 Å². The summed E-state index contributed by atoms with van der Waals surface area (Å²) in [6.07, 6.45) is 1.90. The van der Waals surface area contributed by atoms with Crippen LogP contribution < -0.4 is 20.1 Å². The van der Waals surface area contributed by atoms with Gasteiger partial charge in [-0.3, -0.25) is 19.7 Å².